The van der Waals surface area contributed by atoms with Crippen molar-refractivity contribution in [2.45, 2.75) is 32.2 Å². The molecule has 114 valence electrons. The molecule has 5 heteroatoms. The van der Waals surface area contributed by atoms with Gasteiger partial charge < -0.3 is 14.7 Å². The van der Waals surface area contributed by atoms with Gasteiger partial charge in [-0.3, -0.25) is 9.59 Å². The van der Waals surface area contributed by atoms with Crippen LogP contribution >= 0.6 is 0 Å². The van der Waals surface area contributed by atoms with Crippen LogP contribution in [0, 0.1) is 0 Å². The molecule has 5 nitrogen and oxygen atoms in total. The molecule has 0 saturated carbocycles. The Hall–Kier alpha value is -1.88. The van der Waals surface area contributed by atoms with Crippen molar-refractivity contribution in [1.82, 2.24) is 4.90 Å². The Balaban J connectivity index is 2.04. The summed E-state index contributed by atoms with van der Waals surface area (Å²) >= 11 is 0. The minimum atomic E-state index is -0.906. The molecule has 1 unspecified atom stereocenters. The van der Waals surface area contributed by atoms with E-state index >= 15 is 0 Å². The van der Waals surface area contributed by atoms with Crippen molar-refractivity contribution in [2.75, 3.05) is 19.8 Å². The summed E-state index contributed by atoms with van der Waals surface area (Å²) in [6.07, 6.45) is 1.17. The highest BCUT2D eigenvalue weighted by molar-refractivity contribution is 5.80. The van der Waals surface area contributed by atoms with Crippen LogP contribution in [0.1, 0.15) is 24.5 Å². The van der Waals surface area contributed by atoms with Crippen molar-refractivity contribution in [2.24, 2.45) is 0 Å². The van der Waals surface area contributed by atoms with Crippen molar-refractivity contribution < 1.29 is 19.4 Å². The molecule has 1 aliphatic rings. The van der Waals surface area contributed by atoms with Crippen LogP contribution in [-0.4, -0.2) is 47.7 Å². The number of morpholine rings is 1. The number of carbonyl (C=O) groups is 2. The third-order valence-corrected chi connectivity index (χ3v) is 3.71. The maximum atomic E-state index is 12.4. The van der Waals surface area contributed by atoms with Gasteiger partial charge in [-0.2, -0.15) is 0 Å². The fourth-order valence-corrected chi connectivity index (χ4v) is 2.59. The molecule has 1 heterocycles. The van der Waals surface area contributed by atoms with Gasteiger partial charge in [0.15, 0.2) is 0 Å². The molecule has 1 atom stereocenters. The molecular weight excluding hydrogens is 270 g/mol. The quantitative estimate of drug-likeness (QED) is 0.892. The van der Waals surface area contributed by atoms with Gasteiger partial charge in [0.1, 0.15) is 0 Å². The lowest BCUT2D eigenvalue weighted by molar-refractivity contribution is -0.145. The fourth-order valence-electron chi connectivity index (χ4n) is 2.59. The number of carboxylic acid groups (broad SMARTS) is 1. The highest BCUT2D eigenvalue weighted by Crippen LogP contribution is 2.14. The van der Waals surface area contributed by atoms with Gasteiger partial charge in [0.05, 0.1) is 32.1 Å². The standard InChI is InChI=1S/C16H21NO4/c1-2-12-4-3-5-13(8-12)9-15(18)17-6-7-21-11-14(17)10-16(19)20/h3-5,8,14H,2,6-7,9-11H2,1H3,(H,19,20). The molecular formula is C16H21NO4. The monoisotopic (exact) mass is 291 g/mol. The zero-order valence-electron chi connectivity index (χ0n) is 12.2. The molecule has 1 N–H and O–H groups in total. The van der Waals surface area contributed by atoms with E-state index in [9.17, 15) is 9.59 Å². The van der Waals surface area contributed by atoms with E-state index in [1.54, 1.807) is 4.90 Å². The lowest BCUT2D eigenvalue weighted by Gasteiger charge is -2.35. The highest BCUT2D eigenvalue weighted by atomic mass is 16.5. The van der Waals surface area contributed by atoms with Crippen LogP contribution in [0.4, 0.5) is 0 Å². The zero-order valence-corrected chi connectivity index (χ0v) is 12.2. The average molecular weight is 291 g/mol. The number of carbonyl (C=O) groups excluding carboxylic acids is 1. The second kappa shape index (κ2) is 7.22. The van der Waals surface area contributed by atoms with Crippen LogP contribution in [0.3, 0.4) is 0 Å². The van der Waals surface area contributed by atoms with Crippen LogP contribution in [-0.2, 0) is 27.2 Å². The van der Waals surface area contributed by atoms with E-state index in [1.807, 2.05) is 24.3 Å². The molecule has 0 bridgehead atoms. The van der Waals surface area contributed by atoms with E-state index in [4.69, 9.17) is 9.84 Å². The van der Waals surface area contributed by atoms with E-state index in [-0.39, 0.29) is 18.4 Å². The van der Waals surface area contributed by atoms with E-state index in [0.717, 1.165) is 12.0 Å². The molecule has 2 rings (SSSR count). The van der Waals surface area contributed by atoms with Crippen LogP contribution in [0.5, 0.6) is 0 Å². The van der Waals surface area contributed by atoms with E-state index in [0.29, 0.717) is 26.2 Å². The molecule has 21 heavy (non-hydrogen) atoms. The molecule has 1 aliphatic heterocycles. The molecule has 0 aliphatic carbocycles. The number of nitrogens with zero attached hydrogens (tertiary/aromatic N) is 1. The second-order valence-electron chi connectivity index (χ2n) is 5.26. The number of amides is 1. The summed E-state index contributed by atoms with van der Waals surface area (Å²) in [5, 5.41) is 8.93. The van der Waals surface area contributed by atoms with Crippen molar-refractivity contribution in [3.8, 4) is 0 Å². The number of benzene rings is 1. The third kappa shape index (κ3) is 4.29. The topological polar surface area (TPSA) is 66.8 Å². The Kier molecular flexibility index (Phi) is 5.33. The first-order valence-corrected chi connectivity index (χ1v) is 7.27. The summed E-state index contributed by atoms with van der Waals surface area (Å²) in [6, 6.07) is 7.60. The first-order valence-electron chi connectivity index (χ1n) is 7.27. The van der Waals surface area contributed by atoms with Crippen LogP contribution in [0.15, 0.2) is 24.3 Å². The lowest BCUT2D eigenvalue weighted by Crippen LogP contribution is -2.50. The molecule has 0 aromatic heterocycles. The molecule has 1 fully saturated rings. The summed E-state index contributed by atoms with van der Waals surface area (Å²) in [6.45, 7) is 3.31. The number of rotatable bonds is 5. The Morgan fingerprint density at radius 3 is 2.86 bits per heavy atom. The number of hydrogen-bond acceptors (Lipinski definition) is 3. The predicted molar refractivity (Wildman–Crippen MR) is 78.1 cm³/mol. The van der Waals surface area contributed by atoms with Crippen LogP contribution < -0.4 is 0 Å². The Labute approximate surface area is 124 Å². The second-order valence-corrected chi connectivity index (χ2v) is 5.26. The number of aliphatic carboxylic acids is 1. The number of carboxylic acids is 1. The summed E-state index contributed by atoms with van der Waals surface area (Å²) < 4.78 is 5.29. The molecule has 1 saturated heterocycles. The molecule has 1 aromatic rings. The predicted octanol–water partition coefficient (Wildman–Crippen LogP) is 1.49. The fraction of sp³-hybridized carbons (Fsp3) is 0.500. The van der Waals surface area contributed by atoms with Gasteiger partial charge >= 0.3 is 5.97 Å². The van der Waals surface area contributed by atoms with Crippen LogP contribution in [0.25, 0.3) is 0 Å². The van der Waals surface area contributed by atoms with Crippen LogP contribution in [0.2, 0.25) is 0 Å². The number of hydrogen-bond donors (Lipinski definition) is 1. The number of ether oxygens (including phenoxy) is 1. The smallest absolute Gasteiger partial charge is 0.305 e. The number of aryl methyl sites for hydroxylation is 1. The Morgan fingerprint density at radius 1 is 1.38 bits per heavy atom. The molecule has 1 amide bonds. The minimum absolute atomic E-state index is 0.0298. The SMILES string of the molecule is CCc1cccc(CC(=O)N2CCOCC2CC(=O)O)c1. The van der Waals surface area contributed by atoms with Crippen molar-refractivity contribution in [1.29, 1.82) is 0 Å². The van der Waals surface area contributed by atoms with Crippen molar-refractivity contribution in [3.05, 3.63) is 35.4 Å². The molecule has 0 spiro atoms. The maximum absolute atomic E-state index is 12.4. The minimum Gasteiger partial charge on any atom is -0.481 e. The van der Waals surface area contributed by atoms with Crippen molar-refractivity contribution >= 4 is 11.9 Å². The molecule has 0 radical (unpaired) electrons. The van der Waals surface area contributed by atoms with Gasteiger partial charge in [-0.15, -0.1) is 0 Å². The lowest BCUT2D eigenvalue weighted by atomic mass is 10.0. The van der Waals surface area contributed by atoms with Gasteiger partial charge in [0, 0.05) is 6.54 Å². The largest absolute Gasteiger partial charge is 0.481 e. The van der Waals surface area contributed by atoms with E-state index < -0.39 is 5.97 Å². The first-order chi connectivity index (χ1) is 10.1. The highest BCUT2D eigenvalue weighted by Gasteiger charge is 2.28. The van der Waals surface area contributed by atoms with E-state index in [1.165, 1.54) is 5.56 Å². The maximum Gasteiger partial charge on any atom is 0.305 e. The zero-order chi connectivity index (χ0) is 15.2. The van der Waals surface area contributed by atoms with Gasteiger partial charge in [-0.05, 0) is 17.5 Å². The van der Waals surface area contributed by atoms with Gasteiger partial charge in [-0.1, -0.05) is 31.2 Å². The van der Waals surface area contributed by atoms with Gasteiger partial charge in [0.25, 0.3) is 0 Å². The van der Waals surface area contributed by atoms with Gasteiger partial charge in [0.2, 0.25) is 5.91 Å². The Bertz CT molecular complexity index is 515. The third-order valence-electron chi connectivity index (χ3n) is 3.71. The summed E-state index contributed by atoms with van der Waals surface area (Å²) in [7, 11) is 0. The first kappa shape index (κ1) is 15.5. The summed E-state index contributed by atoms with van der Waals surface area (Å²) in [4.78, 5) is 25.0. The normalized spacial score (nSPS) is 18.5. The summed E-state index contributed by atoms with van der Waals surface area (Å²) in [5.74, 6) is -0.936. The Morgan fingerprint density at radius 2 is 2.14 bits per heavy atom. The summed E-state index contributed by atoms with van der Waals surface area (Å²) in [5.41, 5.74) is 2.17. The molecule has 1 aromatic carbocycles. The average Bonchev–Trinajstić information content (AvgIpc) is 2.47. The van der Waals surface area contributed by atoms with Crippen molar-refractivity contribution in [3.63, 3.8) is 0 Å². The van der Waals surface area contributed by atoms with Gasteiger partial charge in [-0.25, -0.2) is 0 Å². The van der Waals surface area contributed by atoms with E-state index in [2.05, 4.69) is 6.92 Å².